The van der Waals surface area contributed by atoms with E-state index in [1.54, 1.807) is 0 Å². The second kappa shape index (κ2) is 6.60. The third kappa shape index (κ3) is 4.07. The van der Waals surface area contributed by atoms with Gasteiger partial charge in [-0.1, -0.05) is 60.7 Å². The summed E-state index contributed by atoms with van der Waals surface area (Å²) in [5.41, 5.74) is 2.39. The smallest absolute Gasteiger partial charge is 0.276 e. The Kier molecular flexibility index (Phi) is 5.28. The minimum absolute atomic E-state index is 0.458. The van der Waals surface area contributed by atoms with E-state index < -0.39 is 4.89 Å². The molecule has 0 aromatic heterocycles. The molecule has 0 saturated heterocycles. The van der Waals surface area contributed by atoms with Gasteiger partial charge in [0.1, 0.15) is 13.1 Å². The number of nitrogens with zero attached hydrogens (tertiary/aromatic N) is 1. The third-order valence-electron chi connectivity index (χ3n) is 3.29. The lowest BCUT2D eigenvalue weighted by molar-refractivity contribution is -0.811. The second-order valence-electron chi connectivity index (χ2n) is 5.06. The molecule has 0 fully saturated rings. The Hall–Kier alpha value is -0.370. The zero-order valence-corrected chi connectivity index (χ0v) is 14.5. The average Bonchev–Trinajstić information content (AvgIpc) is 2.39. The normalized spacial score (nSPS) is 12.3. The maximum Gasteiger partial charge on any atom is 0.294 e. The van der Waals surface area contributed by atoms with Gasteiger partial charge in [0, 0.05) is 11.1 Å². The van der Waals surface area contributed by atoms with E-state index in [1.165, 1.54) is 11.1 Å². The van der Waals surface area contributed by atoms with Crippen molar-refractivity contribution in [2.24, 2.45) is 0 Å². The van der Waals surface area contributed by atoms with Crippen LogP contribution in [0.4, 0.5) is 0 Å². The van der Waals surface area contributed by atoms with Crippen LogP contribution in [0.25, 0.3) is 0 Å². The van der Waals surface area contributed by atoms with Crippen molar-refractivity contribution in [3.05, 3.63) is 71.8 Å². The molecule has 0 saturated carbocycles. The fourth-order valence-corrected chi connectivity index (χ4v) is 3.82. The summed E-state index contributed by atoms with van der Waals surface area (Å²) in [4.78, 5) is -2.50. The van der Waals surface area contributed by atoms with Crippen LogP contribution < -0.4 is 0 Å². The monoisotopic (exact) mass is 344 g/mol. The number of rotatable bonds is 5. The fourth-order valence-electron chi connectivity index (χ4n) is 2.17. The van der Waals surface area contributed by atoms with Gasteiger partial charge < -0.3 is 0 Å². The summed E-state index contributed by atoms with van der Waals surface area (Å²) in [5.74, 6) is 0. The van der Waals surface area contributed by atoms with Crippen molar-refractivity contribution in [1.29, 1.82) is 0 Å². The SMILES string of the molecule is C[N+](Cc1ccccc1)(Cc1ccccc1)P(=S)(Cl)Cl. The number of quaternary nitrogens is 1. The average molecular weight is 345 g/mol. The number of hydrogen-bond donors (Lipinski definition) is 0. The first-order chi connectivity index (χ1) is 9.41. The molecule has 1 nitrogen and oxygen atoms in total. The number of hydrogen-bond acceptors (Lipinski definition) is 1. The van der Waals surface area contributed by atoms with Crippen LogP contribution in [0.3, 0.4) is 0 Å². The molecule has 0 radical (unpaired) electrons. The van der Waals surface area contributed by atoms with Crippen molar-refractivity contribution in [3.63, 3.8) is 0 Å². The molecule has 0 bridgehead atoms. The van der Waals surface area contributed by atoms with Crippen LogP contribution in [0, 0.1) is 0 Å². The highest BCUT2D eigenvalue weighted by atomic mass is 35.9. The maximum absolute atomic E-state index is 6.40. The summed E-state index contributed by atoms with van der Waals surface area (Å²) in [6.45, 7) is 1.47. The van der Waals surface area contributed by atoms with Gasteiger partial charge in [0.05, 0.1) is 7.05 Å². The lowest BCUT2D eigenvalue weighted by Gasteiger charge is -2.37. The topological polar surface area (TPSA) is 0 Å². The number of benzene rings is 2. The molecule has 2 rings (SSSR count). The molecule has 5 heteroatoms. The van der Waals surface area contributed by atoms with Gasteiger partial charge >= 0.3 is 0 Å². The summed E-state index contributed by atoms with van der Waals surface area (Å²) >= 11 is 18.2. The molecule has 0 aliphatic rings. The lowest BCUT2D eigenvalue weighted by Crippen LogP contribution is -2.36. The van der Waals surface area contributed by atoms with Crippen molar-refractivity contribution in [3.8, 4) is 0 Å². The van der Waals surface area contributed by atoms with Gasteiger partial charge in [-0.25, -0.2) is 0 Å². The van der Waals surface area contributed by atoms with Crippen molar-refractivity contribution >= 4 is 39.2 Å². The van der Waals surface area contributed by atoms with Gasteiger partial charge in [-0.2, -0.15) is 0 Å². The molecule has 0 spiro atoms. The molecular weight excluding hydrogens is 328 g/mol. The van der Waals surface area contributed by atoms with Crippen LogP contribution >= 0.6 is 27.4 Å². The van der Waals surface area contributed by atoms with E-state index in [1.807, 2.05) is 43.4 Å². The summed E-state index contributed by atoms with van der Waals surface area (Å²) in [6.07, 6.45) is 0. The Labute approximate surface area is 135 Å². The minimum Gasteiger partial charge on any atom is -0.276 e. The molecule has 0 aliphatic carbocycles. The molecule has 0 heterocycles. The Morgan fingerprint density at radius 1 is 0.850 bits per heavy atom. The zero-order valence-electron chi connectivity index (χ0n) is 11.2. The highest BCUT2D eigenvalue weighted by molar-refractivity contribution is 8.36. The van der Waals surface area contributed by atoms with Gasteiger partial charge in [-0.3, -0.25) is 4.25 Å². The van der Waals surface area contributed by atoms with Gasteiger partial charge in [-0.05, 0) is 34.3 Å². The van der Waals surface area contributed by atoms with E-state index in [0.717, 1.165) is 13.1 Å². The molecule has 0 atom stereocenters. The van der Waals surface area contributed by atoms with Crippen molar-refractivity contribution < 1.29 is 4.25 Å². The quantitative estimate of drug-likeness (QED) is 0.642. The third-order valence-corrected chi connectivity index (χ3v) is 8.07. The first kappa shape index (κ1) is 16.0. The molecule has 2 aromatic carbocycles. The summed E-state index contributed by atoms with van der Waals surface area (Å²) < 4.78 is 0.458. The first-order valence-corrected chi connectivity index (χ1v) is 10.9. The molecule has 0 N–H and O–H groups in total. The molecule has 20 heavy (non-hydrogen) atoms. The number of halogens is 2. The van der Waals surface area contributed by atoms with E-state index in [0.29, 0.717) is 4.25 Å². The van der Waals surface area contributed by atoms with Gasteiger partial charge in [0.15, 0.2) is 0 Å². The Morgan fingerprint density at radius 3 is 1.50 bits per heavy atom. The van der Waals surface area contributed by atoms with E-state index in [2.05, 4.69) is 24.3 Å². The predicted molar refractivity (Wildman–Crippen MR) is 92.5 cm³/mol. The van der Waals surface area contributed by atoms with E-state index in [4.69, 9.17) is 34.3 Å². The predicted octanol–water partition coefficient (Wildman–Crippen LogP) is 5.54. The zero-order chi connectivity index (χ0) is 14.6. The summed E-state index contributed by atoms with van der Waals surface area (Å²) in [5, 5.41) is 0. The van der Waals surface area contributed by atoms with Gasteiger partial charge in [-0.15, -0.1) is 0 Å². The van der Waals surface area contributed by atoms with Crippen LogP contribution in [0.5, 0.6) is 0 Å². The van der Waals surface area contributed by atoms with Crippen LogP contribution in [-0.2, 0) is 24.9 Å². The Balaban J connectivity index is 2.29. The summed E-state index contributed by atoms with van der Waals surface area (Å²) in [7, 11) is 2.04. The Bertz CT molecular complexity index is 556. The molecule has 0 unspecified atom stereocenters. The van der Waals surface area contributed by atoms with Gasteiger partial charge in [0.2, 0.25) is 0 Å². The first-order valence-electron chi connectivity index (χ1n) is 6.33. The lowest BCUT2D eigenvalue weighted by atomic mass is 10.2. The van der Waals surface area contributed by atoms with Crippen LogP contribution in [0.1, 0.15) is 11.1 Å². The van der Waals surface area contributed by atoms with Crippen LogP contribution in [0.2, 0.25) is 0 Å². The van der Waals surface area contributed by atoms with E-state index in [9.17, 15) is 0 Å². The minimum atomic E-state index is -2.50. The molecule has 2 aromatic rings. The highest BCUT2D eigenvalue weighted by Gasteiger charge is 2.37. The highest BCUT2D eigenvalue weighted by Crippen LogP contribution is 2.66. The second-order valence-corrected chi connectivity index (χ2v) is 13.1. The largest absolute Gasteiger partial charge is 0.294 e. The molecule has 0 aliphatic heterocycles. The fraction of sp³-hybridized carbons (Fsp3) is 0.200. The maximum atomic E-state index is 6.40. The van der Waals surface area contributed by atoms with Crippen molar-refractivity contribution in [2.45, 2.75) is 13.1 Å². The Morgan fingerprint density at radius 2 is 1.20 bits per heavy atom. The molecule has 106 valence electrons. The summed E-state index contributed by atoms with van der Waals surface area (Å²) in [6, 6.07) is 20.4. The molecule has 0 amide bonds. The standard InChI is InChI=1S/C15H17Cl2NPS/c1-18(19(16,17)20,12-14-8-4-2-5-9-14)13-15-10-6-3-7-11-15/h2-11H,12-13H2,1H3/q+1. The van der Waals surface area contributed by atoms with E-state index in [-0.39, 0.29) is 0 Å². The van der Waals surface area contributed by atoms with Crippen LogP contribution in [-0.4, -0.2) is 11.3 Å². The van der Waals surface area contributed by atoms with Gasteiger partial charge in [0.25, 0.3) is 4.89 Å². The van der Waals surface area contributed by atoms with Crippen molar-refractivity contribution in [1.82, 2.24) is 0 Å². The van der Waals surface area contributed by atoms with Crippen molar-refractivity contribution in [2.75, 3.05) is 7.05 Å². The van der Waals surface area contributed by atoms with E-state index >= 15 is 0 Å². The molecular formula is C15H17Cl2NPS+. The van der Waals surface area contributed by atoms with Crippen LogP contribution in [0.15, 0.2) is 60.7 Å².